The average Bonchev–Trinajstić information content (AvgIpc) is 3.44. The molecule has 10 heteroatoms. The number of carbonyl (C=O) groups is 2. The molecular weight excluding hydrogens is 601 g/mol. The molecule has 5 rings (SSSR count). The van der Waals surface area contributed by atoms with E-state index in [0.29, 0.717) is 5.02 Å². The molecule has 0 amide bonds. The van der Waals surface area contributed by atoms with Crippen LogP contribution >= 0.6 is 23.2 Å². The number of carbonyl (C=O) groups excluding carboxylic acids is 2. The van der Waals surface area contributed by atoms with Crippen molar-refractivity contribution in [3.05, 3.63) is 142 Å². The molecule has 0 fully saturated rings. The molecule has 1 heterocycles. The van der Waals surface area contributed by atoms with Crippen LogP contribution in [0.1, 0.15) is 48.0 Å². The van der Waals surface area contributed by atoms with E-state index in [2.05, 4.69) is 10.3 Å². The summed E-state index contributed by atoms with van der Waals surface area (Å²) in [5, 5.41) is 9.43. The summed E-state index contributed by atoms with van der Waals surface area (Å²) in [5.74, 6) is -1.29. The fraction of sp³-hybridized carbons (Fsp3) is 0.176. The van der Waals surface area contributed by atoms with Gasteiger partial charge in [-0.1, -0.05) is 125 Å². The SMILES string of the molecule is CC(C)(C)C(=O)OCOC(=O)c1c(Oc2ccc(Cl)c(Cl)c2)nnn1C(c1ccccc1)(c1ccccc1)c1ccccc1. The van der Waals surface area contributed by atoms with Crippen LogP contribution in [0.3, 0.4) is 0 Å². The van der Waals surface area contributed by atoms with Crippen molar-refractivity contribution >= 4 is 35.1 Å². The zero-order valence-electron chi connectivity index (χ0n) is 24.2. The number of ether oxygens (including phenoxy) is 3. The summed E-state index contributed by atoms with van der Waals surface area (Å²) < 4.78 is 18.3. The van der Waals surface area contributed by atoms with Gasteiger partial charge >= 0.3 is 11.9 Å². The third-order valence-electron chi connectivity index (χ3n) is 6.82. The van der Waals surface area contributed by atoms with Gasteiger partial charge in [0.1, 0.15) is 11.3 Å². The molecule has 5 aromatic rings. The highest BCUT2D eigenvalue weighted by Crippen LogP contribution is 2.43. The zero-order valence-corrected chi connectivity index (χ0v) is 25.8. The number of hydrogen-bond donors (Lipinski definition) is 0. The van der Waals surface area contributed by atoms with E-state index in [0.717, 1.165) is 16.7 Å². The summed E-state index contributed by atoms with van der Waals surface area (Å²) in [6, 6.07) is 33.5. The maximum Gasteiger partial charge on any atom is 0.365 e. The molecule has 0 N–H and O–H groups in total. The highest BCUT2D eigenvalue weighted by atomic mass is 35.5. The normalized spacial score (nSPS) is 11.6. The summed E-state index contributed by atoms with van der Waals surface area (Å²) in [6.07, 6.45) is 0. The first-order valence-corrected chi connectivity index (χ1v) is 14.5. The van der Waals surface area contributed by atoms with Gasteiger partial charge in [-0.25, -0.2) is 9.48 Å². The molecule has 0 aliphatic rings. The summed E-state index contributed by atoms with van der Waals surface area (Å²) in [7, 11) is 0. The molecule has 0 saturated heterocycles. The molecule has 0 radical (unpaired) electrons. The van der Waals surface area contributed by atoms with Crippen molar-refractivity contribution in [1.29, 1.82) is 0 Å². The molecule has 4 aromatic carbocycles. The predicted octanol–water partition coefficient (Wildman–Crippen LogP) is 7.92. The standard InChI is InChI=1S/C34H29Cl2N3O5/c1-33(2,3)32(41)43-22-42-31(40)29-30(44-26-19-20-27(35)28(36)21-26)37-38-39(29)34(23-13-7-4-8-14-23,24-15-9-5-10-16-24)25-17-11-6-12-18-25/h4-21H,22H2,1-3H3. The highest BCUT2D eigenvalue weighted by Gasteiger charge is 2.44. The van der Waals surface area contributed by atoms with E-state index in [1.807, 2.05) is 91.0 Å². The van der Waals surface area contributed by atoms with Crippen molar-refractivity contribution in [1.82, 2.24) is 15.0 Å². The van der Waals surface area contributed by atoms with Gasteiger partial charge in [0.05, 0.1) is 15.5 Å². The number of hydrogen-bond acceptors (Lipinski definition) is 7. The van der Waals surface area contributed by atoms with Crippen molar-refractivity contribution in [3.8, 4) is 11.6 Å². The van der Waals surface area contributed by atoms with Gasteiger partial charge < -0.3 is 14.2 Å². The van der Waals surface area contributed by atoms with Gasteiger partial charge in [0.2, 0.25) is 12.5 Å². The zero-order chi connectivity index (χ0) is 31.3. The molecular formula is C34H29Cl2N3O5. The van der Waals surface area contributed by atoms with E-state index < -0.39 is 29.7 Å². The number of halogens is 2. The lowest BCUT2D eigenvalue weighted by Gasteiger charge is -2.36. The maximum absolute atomic E-state index is 14.0. The van der Waals surface area contributed by atoms with Crippen molar-refractivity contribution in [3.63, 3.8) is 0 Å². The van der Waals surface area contributed by atoms with Crippen LogP contribution < -0.4 is 4.74 Å². The van der Waals surface area contributed by atoms with Crippen LogP contribution in [0.4, 0.5) is 0 Å². The first-order chi connectivity index (χ1) is 21.1. The lowest BCUT2D eigenvalue weighted by molar-refractivity contribution is -0.161. The second kappa shape index (κ2) is 12.9. The van der Waals surface area contributed by atoms with Gasteiger partial charge in [0.25, 0.3) is 5.88 Å². The molecule has 0 spiro atoms. The Morgan fingerprint density at radius 1 is 0.727 bits per heavy atom. The highest BCUT2D eigenvalue weighted by molar-refractivity contribution is 6.42. The van der Waals surface area contributed by atoms with E-state index in [-0.39, 0.29) is 22.3 Å². The Bertz CT molecular complexity index is 1660. The maximum atomic E-state index is 14.0. The van der Waals surface area contributed by atoms with Crippen molar-refractivity contribution in [2.75, 3.05) is 6.79 Å². The Balaban J connectivity index is 1.73. The Labute approximate surface area is 265 Å². The second-order valence-corrected chi connectivity index (χ2v) is 11.7. The third kappa shape index (κ3) is 6.18. The number of esters is 2. The van der Waals surface area contributed by atoms with Crippen LogP contribution in [-0.4, -0.2) is 33.7 Å². The first-order valence-electron chi connectivity index (χ1n) is 13.7. The van der Waals surface area contributed by atoms with Gasteiger partial charge in [-0.2, -0.15) is 0 Å². The second-order valence-electron chi connectivity index (χ2n) is 10.9. The summed E-state index contributed by atoms with van der Waals surface area (Å²) in [4.78, 5) is 26.4. The summed E-state index contributed by atoms with van der Waals surface area (Å²) in [6.45, 7) is 4.48. The monoisotopic (exact) mass is 629 g/mol. The number of benzene rings is 4. The van der Waals surface area contributed by atoms with Crippen LogP contribution in [0.15, 0.2) is 109 Å². The predicted molar refractivity (Wildman–Crippen MR) is 167 cm³/mol. The van der Waals surface area contributed by atoms with E-state index in [1.54, 1.807) is 32.9 Å². The lowest BCUT2D eigenvalue weighted by atomic mass is 9.77. The van der Waals surface area contributed by atoms with Crippen molar-refractivity contribution in [2.24, 2.45) is 5.41 Å². The first kappa shape index (κ1) is 30.8. The van der Waals surface area contributed by atoms with Crippen LogP contribution in [0, 0.1) is 5.41 Å². The molecule has 0 atom stereocenters. The lowest BCUT2D eigenvalue weighted by Crippen LogP contribution is -2.41. The Hall–Kier alpha value is -4.66. The quantitative estimate of drug-likeness (QED) is 0.0928. The molecule has 0 saturated carbocycles. The van der Waals surface area contributed by atoms with Gasteiger partial charge in [0.15, 0.2) is 0 Å². The number of nitrogens with zero attached hydrogens (tertiary/aromatic N) is 3. The largest absolute Gasteiger partial charge is 0.436 e. The Morgan fingerprint density at radius 2 is 1.25 bits per heavy atom. The summed E-state index contributed by atoms with van der Waals surface area (Å²) >= 11 is 12.4. The number of rotatable bonds is 9. The molecule has 1 aromatic heterocycles. The van der Waals surface area contributed by atoms with E-state index in [1.165, 1.54) is 10.7 Å². The molecule has 0 aliphatic carbocycles. The van der Waals surface area contributed by atoms with Gasteiger partial charge in [-0.3, -0.25) is 4.79 Å². The van der Waals surface area contributed by atoms with Crippen molar-refractivity contribution in [2.45, 2.75) is 26.3 Å². The smallest absolute Gasteiger partial charge is 0.365 e. The topological polar surface area (TPSA) is 92.5 Å². The molecule has 0 aliphatic heterocycles. The van der Waals surface area contributed by atoms with Crippen LogP contribution in [0.5, 0.6) is 11.6 Å². The minimum Gasteiger partial charge on any atom is -0.436 e. The minimum atomic E-state index is -1.22. The van der Waals surface area contributed by atoms with Crippen LogP contribution in [0.25, 0.3) is 0 Å². The molecule has 44 heavy (non-hydrogen) atoms. The van der Waals surface area contributed by atoms with E-state index >= 15 is 0 Å². The number of aromatic nitrogens is 3. The Kier molecular flexibility index (Phi) is 9.04. The van der Waals surface area contributed by atoms with Crippen LogP contribution in [0.2, 0.25) is 10.0 Å². The molecule has 8 nitrogen and oxygen atoms in total. The fourth-order valence-corrected chi connectivity index (χ4v) is 5.01. The summed E-state index contributed by atoms with van der Waals surface area (Å²) in [5.41, 5.74) is 0.233. The van der Waals surface area contributed by atoms with E-state index in [4.69, 9.17) is 37.4 Å². The fourth-order valence-electron chi connectivity index (χ4n) is 4.72. The third-order valence-corrected chi connectivity index (χ3v) is 7.56. The average molecular weight is 631 g/mol. The molecule has 224 valence electrons. The van der Waals surface area contributed by atoms with Gasteiger partial charge in [0, 0.05) is 6.07 Å². The van der Waals surface area contributed by atoms with Gasteiger partial charge in [-0.05, 0) is 49.6 Å². The van der Waals surface area contributed by atoms with Crippen molar-refractivity contribution < 1.29 is 23.8 Å². The van der Waals surface area contributed by atoms with Gasteiger partial charge in [-0.15, -0.1) is 0 Å². The minimum absolute atomic E-state index is 0.126. The Morgan fingerprint density at radius 3 is 1.73 bits per heavy atom. The molecule has 0 unspecified atom stereocenters. The van der Waals surface area contributed by atoms with E-state index in [9.17, 15) is 9.59 Å². The van der Waals surface area contributed by atoms with Crippen LogP contribution in [-0.2, 0) is 19.8 Å². The molecule has 0 bridgehead atoms.